The topological polar surface area (TPSA) is 116 Å². The molecule has 0 aromatic rings. The van der Waals surface area contributed by atoms with E-state index in [0.717, 1.165) is 0 Å². The Morgan fingerprint density at radius 2 is 0.622 bits per heavy atom. The fraction of sp³-hybridized carbons (Fsp3) is 1.00. The Hall–Kier alpha value is -1.03. The number of nitrogens with two attached hydrogens (primary N) is 4. The van der Waals surface area contributed by atoms with Crippen LogP contribution in [0.5, 0.6) is 0 Å². The summed E-state index contributed by atoms with van der Waals surface area (Å²) in [6.45, 7) is 0. The second kappa shape index (κ2) is 9.86. The molecule has 37 heavy (non-hydrogen) atoms. The van der Waals surface area contributed by atoms with E-state index in [1.807, 2.05) is 0 Å². The summed E-state index contributed by atoms with van der Waals surface area (Å²) in [4.78, 5) is 0. The zero-order valence-corrected chi connectivity index (χ0v) is 19.4. The van der Waals surface area contributed by atoms with Crippen molar-refractivity contribution in [3.05, 3.63) is 0 Å². The normalized spacial score (nSPS) is 16.4. The van der Waals surface area contributed by atoms with Crippen molar-refractivity contribution in [2.45, 2.75) is 72.8 Å². The van der Waals surface area contributed by atoms with Crippen LogP contribution < -0.4 is 26.2 Å². The molecule has 5 nitrogen and oxygen atoms in total. The first-order valence-electron chi connectivity index (χ1n) is 8.97. The van der Waals surface area contributed by atoms with E-state index in [1.165, 1.54) is 4.65 Å². The maximum absolute atomic E-state index is 13.6. The Bertz CT molecular complexity index is 729. The third kappa shape index (κ3) is 7.14. The maximum Gasteiger partial charge on any atom is 0.460 e. The van der Waals surface area contributed by atoms with Crippen molar-refractivity contribution in [1.29, 1.82) is 0 Å². The molecule has 0 heterocycles. The van der Waals surface area contributed by atoms with Crippen molar-refractivity contribution in [2.24, 2.45) is 21.6 Å². The van der Waals surface area contributed by atoms with E-state index in [9.17, 15) is 79.0 Å². The second-order valence-electron chi connectivity index (χ2n) is 7.91. The smallest absolute Gasteiger partial charge is 0.327 e. The minimum atomic E-state index is -7.26. The van der Waals surface area contributed by atoms with Crippen LogP contribution in [0.2, 0.25) is 12.1 Å². The number of hydrogen-bond acceptors (Lipinski definition) is 5. The molecule has 0 spiro atoms. The van der Waals surface area contributed by atoms with Crippen molar-refractivity contribution in [2.75, 3.05) is 0 Å². The van der Waals surface area contributed by atoms with E-state index in [-0.39, 0.29) is 0 Å². The Balaban J connectivity index is 5.57. The lowest BCUT2D eigenvalue weighted by atomic mass is 10.0. The molecular formula is C12H17F18N5Si2. The molecule has 0 saturated heterocycles. The van der Waals surface area contributed by atoms with E-state index in [0.29, 0.717) is 0 Å². The largest absolute Gasteiger partial charge is 0.460 e. The number of alkyl halides is 18. The molecule has 0 aromatic heterocycles. The fourth-order valence-electron chi connectivity index (χ4n) is 2.42. The average Bonchev–Trinajstić information content (AvgIpc) is 2.62. The van der Waals surface area contributed by atoms with Gasteiger partial charge in [0.05, 0.1) is 0 Å². The minimum Gasteiger partial charge on any atom is -0.327 e. The summed E-state index contributed by atoms with van der Waals surface area (Å²) in [5.74, 6) is -41.0. The standard InChI is InChI=1S/C12H17F18N5Si2/c13-5(14,7(17,18)9(21,22)11(25,26)27)1-3-36(31,32)35-37(33,34)4-2-6(15,16)8(19,20)10(23,24)12(28,29)30/h35H,1-4,31-34H2. The summed E-state index contributed by atoms with van der Waals surface area (Å²) >= 11 is 0. The molecule has 25 heteroatoms. The number of hydrogen-bond donors (Lipinski definition) is 5. The van der Waals surface area contributed by atoms with Gasteiger partial charge in [-0.1, -0.05) is 0 Å². The summed E-state index contributed by atoms with van der Waals surface area (Å²) in [5.41, 5.74) is 0. The van der Waals surface area contributed by atoms with Gasteiger partial charge in [0.15, 0.2) is 0 Å². The second-order valence-corrected chi connectivity index (χ2v) is 14.1. The molecule has 0 rings (SSSR count). The molecule has 0 unspecified atom stereocenters. The van der Waals surface area contributed by atoms with Gasteiger partial charge in [0.25, 0.3) is 17.1 Å². The van der Waals surface area contributed by atoms with Crippen LogP contribution in [-0.4, -0.2) is 65.0 Å². The zero-order valence-electron chi connectivity index (χ0n) is 17.4. The molecule has 9 N–H and O–H groups in total. The van der Waals surface area contributed by atoms with Gasteiger partial charge in [0, 0.05) is 12.8 Å². The highest BCUT2D eigenvalue weighted by atomic mass is 28.4. The first-order chi connectivity index (χ1) is 15.6. The Labute approximate surface area is 196 Å². The fourth-order valence-corrected chi connectivity index (χ4v) is 8.34. The van der Waals surface area contributed by atoms with Gasteiger partial charge >= 0.3 is 47.9 Å². The van der Waals surface area contributed by atoms with Gasteiger partial charge in [-0.15, -0.1) is 0 Å². The van der Waals surface area contributed by atoms with Crippen LogP contribution in [0.3, 0.4) is 0 Å². The lowest BCUT2D eigenvalue weighted by molar-refractivity contribution is -0.396. The van der Waals surface area contributed by atoms with Gasteiger partial charge in [0.1, 0.15) is 0 Å². The van der Waals surface area contributed by atoms with Crippen molar-refractivity contribution in [1.82, 2.24) is 4.65 Å². The predicted molar refractivity (Wildman–Crippen MR) is 92.0 cm³/mol. The number of halogens is 18. The molecule has 0 fully saturated rings. The van der Waals surface area contributed by atoms with E-state index >= 15 is 0 Å². The summed E-state index contributed by atoms with van der Waals surface area (Å²) in [5, 5.41) is 20.8. The van der Waals surface area contributed by atoms with Crippen LogP contribution in [0, 0.1) is 0 Å². The van der Waals surface area contributed by atoms with Crippen LogP contribution in [0.1, 0.15) is 12.8 Å². The summed E-state index contributed by atoms with van der Waals surface area (Å²) in [7, 11) is -9.76. The van der Waals surface area contributed by atoms with Crippen molar-refractivity contribution in [3.63, 3.8) is 0 Å². The molecule has 0 amide bonds. The van der Waals surface area contributed by atoms with Crippen LogP contribution in [0.15, 0.2) is 0 Å². The molecule has 0 saturated carbocycles. The summed E-state index contributed by atoms with van der Waals surface area (Å²) in [6.07, 6.45) is -19.5. The first-order valence-corrected chi connectivity index (χ1v) is 13.7. The van der Waals surface area contributed by atoms with Crippen LogP contribution in [0.4, 0.5) is 79.0 Å². The molecular weight excluding hydrogens is 612 g/mol. The van der Waals surface area contributed by atoms with Gasteiger partial charge < -0.3 is 26.2 Å². The highest BCUT2D eigenvalue weighted by Crippen LogP contribution is 2.55. The quantitative estimate of drug-likeness (QED) is 0.165. The highest BCUT2D eigenvalue weighted by molar-refractivity contribution is 6.87. The first kappa shape index (κ1) is 36.0. The van der Waals surface area contributed by atoms with E-state index < -0.39 is 89.9 Å². The van der Waals surface area contributed by atoms with Gasteiger partial charge in [-0.05, 0) is 12.1 Å². The van der Waals surface area contributed by atoms with Crippen molar-refractivity contribution < 1.29 is 79.0 Å². The lowest BCUT2D eigenvalue weighted by Gasteiger charge is -2.37. The Morgan fingerprint density at radius 1 is 0.405 bits per heavy atom. The van der Waals surface area contributed by atoms with Gasteiger partial charge in [-0.2, -0.15) is 79.0 Å². The monoisotopic (exact) mass is 629 g/mol. The molecule has 0 aliphatic rings. The van der Waals surface area contributed by atoms with Crippen molar-refractivity contribution in [3.8, 4) is 0 Å². The zero-order chi connectivity index (χ0) is 30.5. The molecule has 0 aromatic carbocycles. The van der Waals surface area contributed by atoms with Gasteiger partial charge in [0.2, 0.25) is 0 Å². The van der Waals surface area contributed by atoms with Gasteiger partial charge in [-0.25, -0.2) is 0 Å². The lowest BCUT2D eigenvalue weighted by Crippen LogP contribution is -2.82. The SMILES string of the molecule is N[Si](N)(CCC(F)(F)C(F)(F)C(F)(F)C(F)(F)F)N[Si](N)(N)CCC(F)(F)C(F)(F)C(F)(F)C(F)(F)F. The molecule has 0 aliphatic heterocycles. The van der Waals surface area contributed by atoms with Crippen LogP contribution in [0.25, 0.3) is 0 Å². The van der Waals surface area contributed by atoms with Crippen molar-refractivity contribution >= 4 is 17.1 Å². The third-order valence-electron chi connectivity index (χ3n) is 4.59. The Morgan fingerprint density at radius 3 is 0.811 bits per heavy atom. The van der Waals surface area contributed by atoms with Gasteiger partial charge in [-0.3, -0.25) is 0 Å². The molecule has 224 valence electrons. The van der Waals surface area contributed by atoms with E-state index in [2.05, 4.69) is 0 Å². The number of rotatable bonds is 12. The molecule has 0 bridgehead atoms. The van der Waals surface area contributed by atoms with Crippen LogP contribution >= 0.6 is 0 Å². The third-order valence-corrected chi connectivity index (χ3v) is 10.5. The molecule has 0 aliphatic carbocycles. The molecule has 0 atom stereocenters. The maximum atomic E-state index is 13.6. The van der Waals surface area contributed by atoms with Crippen LogP contribution in [-0.2, 0) is 0 Å². The van der Waals surface area contributed by atoms with E-state index in [1.54, 1.807) is 0 Å². The summed E-state index contributed by atoms with van der Waals surface area (Å²) < 4.78 is 233. The average molecular weight is 629 g/mol. The molecule has 0 radical (unpaired) electrons. The minimum absolute atomic E-state index is 1.53. The predicted octanol–water partition coefficient (Wildman–Crippen LogP) is 4.01. The Kier molecular flexibility index (Phi) is 9.59. The number of nitrogens with one attached hydrogen (secondary N) is 1. The highest BCUT2D eigenvalue weighted by Gasteiger charge is 2.82. The summed E-state index contributed by atoms with van der Waals surface area (Å²) in [6, 6.07) is -3.57. The van der Waals surface area contributed by atoms with E-state index in [4.69, 9.17) is 21.6 Å².